The number of piperazine rings is 1. The van der Waals surface area contributed by atoms with E-state index in [1.54, 1.807) is 23.5 Å². The molecule has 1 saturated heterocycles. The van der Waals surface area contributed by atoms with E-state index in [4.69, 9.17) is 4.74 Å². The Labute approximate surface area is 313 Å². The number of nitrogens with zero attached hydrogens (tertiary/aromatic N) is 4. The summed E-state index contributed by atoms with van der Waals surface area (Å²) >= 11 is 0. The largest absolute Gasteiger partial charge is 0.490 e. The molecule has 0 radical (unpaired) electrons. The van der Waals surface area contributed by atoms with Gasteiger partial charge in [0, 0.05) is 62.6 Å². The van der Waals surface area contributed by atoms with Crippen molar-refractivity contribution < 1.29 is 19.4 Å². The van der Waals surface area contributed by atoms with Crippen LogP contribution >= 0.6 is 0 Å². The lowest BCUT2D eigenvalue weighted by Gasteiger charge is -2.41. The van der Waals surface area contributed by atoms with Gasteiger partial charge < -0.3 is 20.1 Å². The van der Waals surface area contributed by atoms with E-state index < -0.39 is 12.1 Å². The number of aryl methyl sites for hydroxylation is 3. The van der Waals surface area contributed by atoms with Gasteiger partial charge in [0.1, 0.15) is 24.5 Å². The Morgan fingerprint density at radius 3 is 2.19 bits per heavy atom. The monoisotopic (exact) mass is 713 g/mol. The predicted octanol–water partition coefficient (Wildman–Crippen LogP) is 6.05. The van der Waals surface area contributed by atoms with E-state index in [2.05, 4.69) is 68.7 Å². The minimum Gasteiger partial charge on any atom is -0.490 e. The van der Waals surface area contributed by atoms with Gasteiger partial charge >= 0.3 is 0 Å². The highest BCUT2D eigenvalue weighted by molar-refractivity contribution is 5.88. The summed E-state index contributed by atoms with van der Waals surface area (Å²) < 4.78 is 6.06. The van der Waals surface area contributed by atoms with Crippen LogP contribution in [0.25, 0.3) is 10.9 Å². The molecule has 5 aromatic rings. The maximum atomic E-state index is 14.3. The lowest BCUT2D eigenvalue weighted by atomic mass is 9.98. The molecule has 9 nitrogen and oxygen atoms in total. The van der Waals surface area contributed by atoms with Crippen molar-refractivity contribution in [3.8, 4) is 5.75 Å². The van der Waals surface area contributed by atoms with Gasteiger partial charge in [0.2, 0.25) is 11.8 Å². The number of fused-ring (bicyclic) bond motifs is 1. The Bertz CT molecular complexity index is 1810. The van der Waals surface area contributed by atoms with Crippen molar-refractivity contribution in [2.75, 3.05) is 32.8 Å². The first-order valence-electron chi connectivity index (χ1n) is 19.0. The van der Waals surface area contributed by atoms with Crippen molar-refractivity contribution in [2.45, 2.75) is 69.6 Å². The number of hydrogen-bond donors (Lipinski definition) is 2. The number of aromatic nitrogens is 2. The van der Waals surface area contributed by atoms with Gasteiger partial charge in [0.15, 0.2) is 0 Å². The summed E-state index contributed by atoms with van der Waals surface area (Å²) in [5, 5.41) is 15.4. The van der Waals surface area contributed by atoms with E-state index in [0.717, 1.165) is 55.0 Å². The lowest BCUT2D eigenvalue weighted by Crippen LogP contribution is -2.62. The van der Waals surface area contributed by atoms with Crippen molar-refractivity contribution >= 4 is 22.7 Å². The molecule has 0 bridgehead atoms. The summed E-state index contributed by atoms with van der Waals surface area (Å²) in [5.74, 6) is 0.483. The van der Waals surface area contributed by atoms with Crippen molar-refractivity contribution in [3.05, 3.63) is 138 Å². The molecule has 1 aliphatic rings. The molecule has 53 heavy (non-hydrogen) atoms. The highest BCUT2D eigenvalue weighted by Gasteiger charge is 2.36. The number of pyridine rings is 2. The number of benzene rings is 3. The molecular weight excluding hydrogens is 663 g/mol. The standard InChI is InChI=1S/C44H51N5O4/c50-38(33-53-42-23-9-22-40-39(42)21-11-27-46-40)31-48-28-29-49(43(51)25-24-36-18-10-26-45-30-36)41(32-48)44(52)47-37(19-7-16-34-12-3-1-4-13-34)20-8-17-35-14-5-2-6-15-35/h1-6,9-15,18,21-23,26-27,30,37-38,41,50H,7-8,16-17,19-20,24-25,28-29,31-33H2,(H,47,52)/t38-,41?/m1/s1. The summed E-state index contributed by atoms with van der Waals surface area (Å²) in [6, 6.07) is 33.6. The van der Waals surface area contributed by atoms with E-state index in [-0.39, 0.29) is 24.5 Å². The number of ether oxygens (including phenoxy) is 1. The number of aliphatic hydroxyl groups excluding tert-OH is 1. The number of carbonyl (C=O) groups excluding carboxylic acids is 2. The summed E-state index contributed by atoms with van der Waals surface area (Å²) in [6.07, 6.45) is 10.8. The Morgan fingerprint density at radius 1 is 0.792 bits per heavy atom. The number of aliphatic hydroxyl groups is 1. The zero-order chi connectivity index (χ0) is 36.7. The minimum absolute atomic E-state index is 0.0215. The second-order valence-corrected chi connectivity index (χ2v) is 14.0. The number of nitrogens with one attached hydrogen (secondary N) is 1. The Kier molecular flexibility index (Phi) is 13.9. The van der Waals surface area contributed by atoms with Gasteiger partial charge in [-0.15, -0.1) is 0 Å². The lowest BCUT2D eigenvalue weighted by molar-refractivity contribution is -0.144. The first-order chi connectivity index (χ1) is 26.0. The molecule has 0 saturated carbocycles. The van der Waals surface area contributed by atoms with Crippen LogP contribution in [0.15, 0.2) is 122 Å². The smallest absolute Gasteiger partial charge is 0.244 e. The first-order valence-corrected chi connectivity index (χ1v) is 19.0. The van der Waals surface area contributed by atoms with Crippen LogP contribution in [0.4, 0.5) is 0 Å². The summed E-state index contributed by atoms with van der Waals surface area (Å²) in [4.78, 5) is 40.5. The number of β-amino-alcohol motifs (C(OH)–C–C–N with tert-alkyl or cyclic N) is 1. The maximum Gasteiger partial charge on any atom is 0.244 e. The summed E-state index contributed by atoms with van der Waals surface area (Å²) in [7, 11) is 0. The minimum atomic E-state index is -0.790. The van der Waals surface area contributed by atoms with Gasteiger partial charge in [-0.2, -0.15) is 0 Å². The third kappa shape index (κ3) is 11.4. The zero-order valence-electron chi connectivity index (χ0n) is 30.4. The molecule has 2 amide bonds. The fourth-order valence-corrected chi connectivity index (χ4v) is 7.19. The highest BCUT2D eigenvalue weighted by Crippen LogP contribution is 2.24. The molecule has 0 aliphatic carbocycles. The van der Waals surface area contributed by atoms with E-state index in [0.29, 0.717) is 44.8 Å². The number of carbonyl (C=O) groups is 2. The molecule has 1 unspecified atom stereocenters. The molecule has 2 atom stereocenters. The molecule has 3 heterocycles. The summed E-state index contributed by atoms with van der Waals surface area (Å²) in [6.45, 7) is 1.71. The molecule has 2 N–H and O–H groups in total. The van der Waals surface area contributed by atoms with Crippen molar-refractivity contribution in [1.29, 1.82) is 0 Å². The molecular formula is C44H51N5O4. The van der Waals surface area contributed by atoms with Gasteiger partial charge in [-0.05, 0) is 92.0 Å². The third-order valence-corrected chi connectivity index (χ3v) is 10.0. The molecule has 1 fully saturated rings. The van der Waals surface area contributed by atoms with Gasteiger partial charge in [0.05, 0.1) is 5.52 Å². The van der Waals surface area contributed by atoms with Crippen LogP contribution in [-0.2, 0) is 28.9 Å². The van der Waals surface area contributed by atoms with Gasteiger partial charge in [-0.3, -0.25) is 24.5 Å². The van der Waals surface area contributed by atoms with Crippen LogP contribution in [0.1, 0.15) is 48.8 Å². The Morgan fingerprint density at radius 2 is 1.49 bits per heavy atom. The average molecular weight is 714 g/mol. The fraction of sp³-hybridized carbons (Fsp3) is 0.364. The van der Waals surface area contributed by atoms with Gasteiger partial charge in [0.25, 0.3) is 0 Å². The average Bonchev–Trinajstić information content (AvgIpc) is 3.20. The van der Waals surface area contributed by atoms with Crippen molar-refractivity contribution in [1.82, 2.24) is 25.1 Å². The van der Waals surface area contributed by atoms with Crippen LogP contribution in [-0.4, -0.2) is 87.7 Å². The molecule has 2 aromatic heterocycles. The molecule has 6 rings (SSSR count). The van der Waals surface area contributed by atoms with E-state index in [1.807, 2.05) is 54.6 Å². The Balaban J connectivity index is 1.11. The fourth-order valence-electron chi connectivity index (χ4n) is 7.19. The normalized spacial score (nSPS) is 15.4. The van der Waals surface area contributed by atoms with Crippen molar-refractivity contribution in [2.24, 2.45) is 0 Å². The second kappa shape index (κ2) is 19.6. The van der Waals surface area contributed by atoms with Crippen LogP contribution < -0.4 is 10.1 Å². The van der Waals surface area contributed by atoms with Crippen LogP contribution in [0.5, 0.6) is 5.75 Å². The third-order valence-electron chi connectivity index (χ3n) is 10.0. The molecule has 9 heteroatoms. The van der Waals surface area contributed by atoms with Crippen LogP contribution in [0.2, 0.25) is 0 Å². The SMILES string of the molecule is O=C(NC(CCCc1ccccc1)CCCc1ccccc1)C1CN(C[C@@H](O)COc2cccc3ncccc23)CCN1C(=O)CCc1cccnc1. The van der Waals surface area contributed by atoms with Gasteiger partial charge in [-0.25, -0.2) is 0 Å². The van der Waals surface area contributed by atoms with E-state index in [9.17, 15) is 14.7 Å². The molecule has 0 spiro atoms. The molecule has 3 aromatic carbocycles. The quantitative estimate of drug-likeness (QED) is 0.114. The summed E-state index contributed by atoms with van der Waals surface area (Å²) in [5.41, 5.74) is 4.39. The van der Waals surface area contributed by atoms with Crippen molar-refractivity contribution in [3.63, 3.8) is 0 Å². The predicted molar refractivity (Wildman–Crippen MR) is 208 cm³/mol. The highest BCUT2D eigenvalue weighted by atomic mass is 16.5. The van der Waals surface area contributed by atoms with Crippen LogP contribution in [0, 0.1) is 0 Å². The maximum absolute atomic E-state index is 14.3. The van der Waals surface area contributed by atoms with Gasteiger partial charge in [-0.1, -0.05) is 72.8 Å². The Hall–Kier alpha value is -5.12. The second-order valence-electron chi connectivity index (χ2n) is 14.0. The number of hydrogen-bond acceptors (Lipinski definition) is 7. The number of rotatable bonds is 18. The zero-order valence-corrected chi connectivity index (χ0v) is 30.4. The number of amides is 2. The molecule has 1 aliphatic heterocycles. The van der Waals surface area contributed by atoms with E-state index in [1.165, 1.54) is 11.1 Å². The molecule has 276 valence electrons. The van der Waals surface area contributed by atoms with Crippen LogP contribution in [0.3, 0.4) is 0 Å². The van der Waals surface area contributed by atoms with E-state index >= 15 is 0 Å². The first kappa shape index (κ1) is 37.6. The topological polar surface area (TPSA) is 108 Å².